The Hall–Kier alpha value is -2.67. The number of pyridine rings is 1. The molecule has 1 aliphatic rings. The lowest BCUT2D eigenvalue weighted by molar-refractivity contribution is 0.0247. The third-order valence-corrected chi connectivity index (χ3v) is 4.51. The molecule has 3 heterocycles. The Morgan fingerprint density at radius 1 is 1.44 bits per heavy atom. The number of halogens is 1. The number of fused-ring (bicyclic) bond motifs is 1. The monoisotopic (exact) mass is 342 g/mol. The van der Waals surface area contributed by atoms with Gasteiger partial charge >= 0.3 is 0 Å². The second kappa shape index (κ2) is 6.33. The molecule has 7 heteroatoms. The summed E-state index contributed by atoms with van der Waals surface area (Å²) < 4.78 is 18.3. The van der Waals surface area contributed by atoms with Gasteiger partial charge in [0.15, 0.2) is 0 Å². The molecule has 0 spiro atoms. The number of aromatic amines is 2. The van der Waals surface area contributed by atoms with Crippen LogP contribution in [0.1, 0.15) is 5.56 Å². The highest BCUT2D eigenvalue weighted by molar-refractivity contribution is 5.85. The second-order valence-electron chi connectivity index (χ2n) is 6.25. The average Bonchev–Trinajstić information content (AvgIpc) is 3.06. The van der Waals surface area contributed by atoms with E-state index in [1.165, 1.54) is 0 Å². The van der Waals surface area contributed by atoms with Crippen LogP contribution in [0.15, 0.2) is 35.3 Å². The maximum atomic E-state index is 12.9. The van der Waals surface area contributed by atoms with E-state index in [1.54, 1.807) is 18.3 Å². The third kappa shape index (κ3) is 2.91. The maximum Gasteiger partial charge on any atom is 0.258 e. The van der Waals surface area contributed by atoms with Crippen LogP contribution in [-0.4, -0.2) is 47.4 Å². The van der Waals surface area contributed by atoms with Crippen LogP contribution < -0.4 is 10.5 Å². The molecule has 0 unspecified atom stereocenters. The largest absolute Gasteiger partial charge is 0.372 e. The predicted molar refractivity (Wildman–Crippen MR) is 94.8 cm³/mol. The normalized spacial score (nSPS) is 18.0. The minimum Gasteiger partial charge on any atom is -0.372 e. The summed E-state index contributed by atoms with van der Waals surface area (Å²) in [4.78, 5) is 24.6. The SMILES string of the molecule is Cc1cc(N2CCO[C@H](CF)C2)cc2[nH]c(-c3ccc[nH]c3=O)nc12. The van der Waals surface area contributed by atoms with Gasteiger partial charge in [-0.15, -0.1) is 0 Å². The molecule has 1 aromatic carbocycles. The van der Waals surface area contributed by atoms with Crippen LogP contribution in [0, 0.1) is 6.92 Å². The van der Waals surface area contributed by atoms with Gasteiger partial charge in [-0.2, -0.15) is 0 Å². The number of aromatic nitrogens is 3. The summed E-state index contributed by atoms with van der Waals surface area (Å²) in [5.74, 6) is 0.542. The van der Waals surface area contributed by atoms with Gasteiger partial charge in [0.25, 0.3) is 5.56 Å². The van der Waals surface area contributed by atoms with Crippen molar-refractivity contribution in [2.75, 3.05) is 31.3 Å². The third-order valence-electron chi connectivity index (χ3n) is 4.51. The lowest BCUT2D eigenvalue weighted by atomic mass is 10.1. The minimum absolute atomic E-state index is 0.182. The molecule has 1 aliphatic heterocycles. The number of rotatable bonds is 3. The van der Waals surface area contributed by atoms with Crippen molar-refractivity contribution in [1.82, 2.24) is 15.0 Å². The van der Waals surface area contributed by atoms with E-state index in [4.69, 9.17) is 4.74 Å². The van der Waals surface area contributed by atoms with Crippen LogP contribution >= 0.6 is 0 Å². The first-order valence-electron chi connectivity index (χ1n) is 8.26. The lowest BCUT2D eigenvalue weighted by Crippen LogP contribution is -2.43. The van der Waals surface area contributed by atoms with Crippen molar-refractivity contribution in [3.05, 3.63) is 46.4 Å². The summed E-state index contributed by atoms with van der Waals surface area (Å²) in [6.45, 7) is 3.27. The van der Waals surface area contributed by atoms with Gasteiger partial charge in [0.2, 0.25) is 0 Å². The molecule has 1 fully saturated rings. The zero-order chi connectivity index (χ0) is 17.4. The maximum absolute atomic E-state index is 12.9. The summed E-state index contributed by atoms with van der Waals surface area (Å²) in [7, 11) is 0. The topological polar surface area (TPSA) is 74.0 Å². The molecule has 2 aromatic heterocycles. The molecule has 1 atom stereocenters. The number of imidazole rings is 1. The zero-order valence-corrected chi connectivity index (χ0v) is 13.9. The van der Waals surface area contributed by atoms with Gasteiger partial charge in [-0.3, -0.25) is 4.79 Å². The van der Waals surface area contributed by atoms with E-state index in [1.807, 2.05) is 19.1 Å². The quantitative estimate of drug-likeness (QED) is 0.766. The fourth-order valence-corrected chi connectivity index (χ4v) is 3.24. The molecule has 0 bridgehead atoms. The van der Waals surface area contributed by atoms with E-state index in [0.717, 1.165) is 28.8 Å². The van der Waals surface area contributed by atoms with E-state index < -0.39 is 6.67 Å². The van der Waals surface area contributed by atoms with Gasteiger partial charge in [-0.25, -0.2) is 9.37 Å². The van der Waals surface area contributed by atoms with Gasteiger partial charge in [-0.05, 0) is 36.8 Å². The molecule has 2 N–H and O–H groups in total. The number of nitrogens with one attached hydrogen (secondary N) is 2. The Kier molecular flexibility index (Phi) is 4.01. The van der Waals surface area contributed by atoms with Crippen LogP contribution in [0.3, 0.4) is 0 Å². The van der Waals surface area contributed by atoms with Crippen LogP contribution in [-0.2, 0) is 4.74 Å². The summed E-state index contributed by atoms with van der Waals surface area (Å²) in [5.41, 5.74) is 4.02. The van der Waals surface area contributed by atoms with Crippen molar-refractivity contribution in [1.29, 1.82) is 0 Å². The number of nitrogens with zero attached hydrogens (tertiary/aromatic N) is 2. The second-order valence-corrected chi connectivity index (χ2v) is 6.25. The number of hydrogen-bond donors (Lipinski definition) is 2. The standard InChI is InChI=1S/C18H19FN4O2/c1-11-7-12(23-5-6-25-13(9-19)10-23)8-15-16(11)22-17(21-15)14-3-2-4-20-18(14)24/h2-4,7-8,13H,5-6,9-10H2,1H3,(H,20,24)(H,21,22)/t13-/m1/s1. The van der Waals surface area contributed by atoms with E-state index >= 15 is 0 Å². The Balaban J connectivity index is 1.75. The highest BCUT2D eigenvalue weighted by atomic mass is 19.1. The van der Waals surface area contributed by atoms with Crippen LogP contribution in [0.25, 0.3) is 22.4 Å². The van der Waals surface area contributed by atoms with Gasteiger partial charge < -0.3 is 19.6 Å². The van der Waals surface area contributed by atoms with Crippen LogP contribution in [0.5, 0.6) is 0 Å². The molecule has 4 rings (SSSR count). The highest BCUT2D eigenvalue weighted by Crippen LogP contribution is 2.27. The van der Waals surface area contributed by atoms with E-state index in [-0.39, 0.29) is 11.7 Å². The number of ether oxygens (including phenoxy) is 1. The molecular weight excluding hydrogens is 323 g/mol. The number of H-pyrrole nitrogens is 2. The van der Waals surface area contributed by atoms with Crippen molar-refractivity contribution in [2.45, 2.75) is 13.0 Å². The molecule has 0 amide bonds. The summed E-state index contributed by atoms with van der Waals surface area (Å²) in [6.07, 6.45) is 1.21. The molecule has 130 valence electrons. The zero-order valence-electron chi connectivity index (χ0n) is 13.9. The van der Waals surface area contributed by atoms with Crippen LogP contribution in [0.4, 0.5) is 10.1 Å². The Morgan fingerprint density at radius 3 is 3.12 bits per heavy atom. The molecule has 0 radical (unpaired) electrons. The van der Waals surface area contributed by atoms with Crippen LogP contribution in [0.2, 0.25) is 0 Å². The van der Waals surface area contributed by atoms with Crippen molar-refractivity contribution in [3.63, 3.8) is 0 Å². The Morgan fingerprint density at radius 2 is 2.32 bits per heavy atom. The molecule has 1 saturated heterocycles. The highest BCUT2D eigenvalue weighted by Gasteiger charge is 2.21. The van der Waals surface area contributed by atoms with Gasteiger partial charge in [0, 0.05) is 25.0 Å². The fraction of sp³-hybridized carbons (Fsp3) is 0.333. The molecule has 0 aliphatic carbocycles. The van der Waals surface area contributed by atoms with Gasteiger partial charge in [0.1, 0.15) is 18.6 Å². The van der Waals surface area contributed by atoms with Crippen molar-refractivity contribution in [2.24, 2.45) is 0 Å². The Bertz CT molecular complexity index is 965. The van der Waals surface area contributed by atoms with Crippen molar-refractivity contribution in [3.8, 4) is 11.4 Å². The first kappa shape index (κ1) is 15.8. The minimum atomic E-state index is -0.483. The molecule has 0 saturated carbocycles. The van der Waals surface area contributed by atoms with E-state index in [9.17, 15) is 9.18 Å². The number of hydrogen-bond acceptors (Lipinski definition) is 4. The number of anilines is 1. The molecule has 25 heavy (non-hydrogen) atoms. The molecule has 3 aromatic rings. The average molecular weight is 342 g/mol. The summed E-state index contributed by atoms with van der Waals surface area (Å²) in [6, 6.07) is 7.55. The number of alkyl halides is 1. The van der Waals surface area contributed by atoms with Gasteiger partial charge in [-0.1, -0.05) is 0 Å². The predicted octanol–water partition coefficient (Wildman–Crippen LogP) is 2.40. The van der Waals surface area contributed by atoms with Crippen molar-refractivity contribution >= 4 is 16.7 Å². The fourth-order valence-electron chi connectivity index (χ4n) is 3.24. The van der Waals surface area contributed by atoms with Gasteiger partial charge in [0.05, 0.1) is 23.2 Å². The first-order chi connectivity index (χ1) is 12.2. The number of morpholine rings is 1. The number of benzene rings is 1. The lowest BCUT2D eigenvalue weighted by Gasteiger charge is -2.33. The Labute approximate surface area is 143 Å². The smallest absolute Gasteiger partial charge is 0.258 e. The summed E-state index contributed by atoms with van der Waals surface area (Å²) in [5, 5.41) is 0. The van der Waals surface area contributed by atoms with E-state index in [2.05, 4.69) is 19.9 Å². The summed E-state index contributed by atoms with van der Waals surface area (Å²) >= 11 is 0. The number of aryl methyl sites for hydroxylation is 1. The molecular formula is C18H19FN4O2. The van der Waals surface area contributed by atoms with E-state index in [0.29, 0.717) is 24.5 Å². The molecule has 6 nitrogen and oxygen atoms in total. The first-order valence-corrected chi connectivity index (χ1v) is 8.26. The van der Waals surface area contributed by atoms with Crippen molar-refractivity contribution < 1.29 is 9.13 Å².